The summed E-state index contributed by atoms with van der Waals surface area (Å²) in [5, 5.41) is 43.6. The molecule has 0 fully saturated rings. The number of anilines is 5. The molecule has 0 atom stereocenters. The predicted octanol–water partition coefficient (Wildman–Crippen LogP) is 5.74. The van der Waals surface area contributed by atoms with E-state index in [4.69, 9.17) is 5.73 Å². The summed E-state index contributed by atoms with van der Waals surface area (Å²) in [5.74, 6) is -0.845. The number of phenols is 1. The summed E-state index contributed by atoms with van der Waals surface area (Å²) in [6, 6.07) is 21.3. The van der Waals surface area contributed by atoms with Crippen LogP contribution in [0.5, 0.6) is 5.75 Å². The smallest absolute Gasteiger partial charge is 0.296 e. The van der Waals surface area contributed by atoms with Crippen LogP contribution in [0, 0.1) is 0 Å². The van der Waals surface area contributed by atoms with Crippen molar-refractivity contribution in [3.8, 4) is 5.75 Å². The van der Waals surface area contributed by atoms with Gasteiger partial charge in [-0.2, -0.15) is 53.7 Å². The van der Waals surface area contributed by atoms with Gasteiger partial charge in [0.1, 0.15) is 10.6 Å². The van der Waals surface area contributed by atoms with Crippen molar-refractivity contribution in [2.24, 2.45) is 26.2 Å². The third kappa shape index (κ3) is 13.4. The van der Waals surface area contributed by atoms with Crippen LogP contribution in [-0.2, 0) is 40.5 Å². The average Bonchev–Trinajstić information content (AvgIpc) is 3.30. The number of hydrogen-bond donors (Lipinski definition) is 11. The van der Waals surface area contributed by atoms with E-state index in [2.05, 4.69) is 62.0 Å². The number of nitrogens with one attached hydrogen (secondary N) is 5. The second-order valence-corrected chi connectivity index (χ2v) is 20.6. The van der Waals surface area contributed by atoms with E-state index in [0.717, 1.165) is 36.4 Å². The molecule has 0 aliphatic rings. The van der Waals surface area contributed by atoms with Crippen molar-refractivity contribution in [2.45, 2.75) is 19.6 Å². The molecule has 0 saturated carbocycles. The molecule has 1 heterocycles. The second-order valence-electron chi connectivity index (χ2n) is 14.9. The van der Waals surface area contributed by atoms with Gasteiger partial charge >= 0.3 is 0 Å². The summed E-state index contributed by atoms with van der Waals surface area (Å²) in [7, 11) is -18.9. The number of azo groups is 2. The monoisotopic (exact) mass is 1050 g/mol. The first kappa shape index (κ1) is 51.6. The van der Waals surface area contributed by atoms with Gasteiger partial charge in [-0.3, -0.25) is 18.2 Å². The van der Waals surface area contributed by atoms with E-state index in [1.807, 2.05) is 0 Å². The molecule has 26 nitrogen and oxygen atoms in total. The van der Waals surface area contributed by atoms with Gasteiger partial charge in [0.25, 0.3) is 40.5 Å². The van der Waals surface area contributed by atoms with Gasteiger partial charge in [-0.15, -0.1) is 15.3 Å². The first-order chi connectivity index (χ1) is 33.6. The number of rotatable bonds is 21. The second kappa shape index (κ2) is 21.4. The van der Waals surface area contributed by atoms with Crippen LogP contribution < -0.4 is 32.3 Å². The SMILES string of the molecule is NCCNCCNCCNc1nc(Nc2cccc(S(=O)(=O)O)c2)nc(Nc2ccc3cc(S(=O)(=O)O)c(/N=N/c4ccc(/N=N/c5ccc(S(=O)(=O)O)cc5)c5ccc(S(=O)(=O)O)cc45)c(O)c3c2)n1. The van der Waals surface area contributed by atoms with Crippen molar-refractivity contribution in [2.75, 3.05) is 55.2 Å². The fourth-order valence-electron chi connectivity index (χ4n) is 6.59. The highest BCUT2D eigenvalue weighted by Gasteiger charge is 2.23. The molecule has 30 heteroatoms. The van der Waals surface area contributed by atoms with Crippen molar-refractivity contribution in [1.29, 1.82) is 0 Å². The van der Waals surface area contributed by atoms with Gasteiger partial charge in [0.15, 0.2) is 5.75 Å². The van der Waals surface area contributed by atoms with Crippen LogP contribution in [0.25, 0.3) is 21.5 Å². The van der Waals surface area contributed by atoms with Crippen molar-refractivity contribution in [3.05, 3.63) is 103 Å². The summed E-state index contributed by atoms with van der Waals surface area (Å²) >= 11 is 0. The minimum atomic E-state index is -5.11. The normalized spacial score (nSPS) is 12.6. The number of aromatic nitrogens is 3. The highest BCUT2D eigenvalue weighted by Crippen LogP contribution is 2.44. The zero-order valence-electron chi connectivity index (χ0n) is 36.4. The van der Waals surface area contributed by atoms with Crippen LogP contribution >= 0.6 is 0 Å². The third-order valence-electron chi connectivity index (χ3n) is 9.90. The summed E-state index contributed by atoms with van der Waals surface area (Å²) in [6.45, 7) is 3.34. The zero-order valence-corrected chi connectivity index (χ0v) is 39.7. The quantitative estimate of drug-likeness (QED) is 0.0232. The van der Waals surface area contributed by atoms with Gasteiger partial charge in [-0.1, -0.05) is 18.2 Å². The topological polar surface area (TPSA) is 412 Å². The molecule has 0 spiro atoms. The highest BCUT2D eigenvalue weighted by molar-refractivity contribution is 7.86. The Labute approximate surface area is 404 Å². The Kier molecular flexibility index (Phi) is 15.6. The maximum atomic E-state index is 12.7. The van der Waals surface area contributed by atoms with Crippen LogP contribution in [0.3, 0.4) is 0 Å². The van der Waals surface area contributed by atoms with E-state index in [1.54, 1.807) is 0 Å². The van der Waals surface area contributed by atoms with Crippen LogP contribution in [-0.4, -0.2) is 111 Å². The van der Waals surface area contributed by atoms with Crippen molar-refractivity contribution < 1.29 is 57.0 Å². The zero-order chi connectivity index (χ0) is 51.1. The first-order valence-corrected chi connectivity index (χ1v) is 26.3. The van der Waals surface area contributed by atoms with E-state index in [-0.39, 0.29) is 72.7 Å². The van der Waals surface area contributed by atoms with E-state index in [9.17, 15) is 57.0 Å². The number of fused-ring (bicyclic) bond motifs is 2. The standard InChI is InChI=1S/C41H41N13O13S4/c42-14-15-43-16-17-44-18-19-45-39-48-40(46-26-2-1-3-29(21-26)69(59,60)61)50-41(49-39)47-27-5-4-24-20-36(71(65,66)67)37(38(55)32(24)22-27)54-53-35-13-12-34(31-11-10-30(23-33(31)35)70(62,63)64)52-51-25-6-8-28(9-7-25)68(56,57)58/h1-13,20-23,43-44,55H,14-19,42H2,(H,56,57,58)(H,59,60,61)(H,62,63,64)(H,65,66,67)(H3,45,46,47,48,49,50)/b52-51+,54-53+. The number of hydrogen-bond acceptors (Lipinski definition) is 22. The molecule has 1 aromatic heterocycles. The lowest BCUT2D eigenvalue weighted by atomic mass is 10.1. The van der Waals surface area contributed by atoms with Crippen molar-refractivity contribution in [1.82, 2.24) is 25.6 Å². The fraction of sp³-hybridized carbons (Fsp3) is 0.146. The Morgan fingerprint density at radius 1 is 0.493 bits per heavy atom. The molecule has 7 rings (SSSR count). The van der Waals surface area contributed by atoms with Crippen molar-refractivity contribution in [3.63, 3.8) is 0 Å². The molecule has 0 unspecified atom stereocenters. The maximum absolute atomic E-state index is 12.7. The molecule has 6 aromatic carbocycles. The third-order valence-corrected chi connectivity index (χ3v) is 13.3. The number of aromatic hydroxyl groups is 1. The number of phenolic OH excluding ortho intramolecular Hbond substituents is 1. The minimum Gasteiger partial charge on any atom is -0.505 e. The van der Waals surface area contributed by atoms with Gasteiger partial charge in [-0.25, -0.2) is 0 Å². The number of nitrogens with zero attached hydrogens (tertiary/aromatic N) is 7. The first-order valence-electron chi connectivity index (χ1n) is 20.5. The molecule has 0 aliphatic carbocycles. The summed E-state index contributed by atoms with van der Waals surface area (Å²) in [4.78, 5) is 11.0. The summed E-state index contributed by atoms with van der Waals surface area (Å²) in [5.41, 5.74) is 5.32. The number of nitrogens with two attached hydrogens (primary N) is 1. The Morgan fingerprint density at radius 3 is 1.69 bits per heavy atom. The van der Waals surface area contributed by atoms with E-state index in [0.29, 0.717) is 39.3 Å². The predicted molar refractivity (Wildman–Crippen MR) is 260 cm³/mol. The molecule has 7 aromatic rings. The van der Waals surface area contributed by atoms with Gasteiger partial charge in [0.2, 0.25) is 17.8 Å². The van der Waals surface area contributed by atoms with Crippen molar-refractivity contribution >= 4 is 114 Å². The molecule has 0 bridgehead atoms. The van der Waals surface area contributed by atoms with Crippen LogP contribution in [0.2, 0.25) is 0 Å². The molecule has 12 N–H and O–H groups in total. The molecular formula is C41H41N13O13S4. The molecule has 372 valence electrons. The Bertz CT molecular complexity index is 3680. The minimum absolute atomic E-state index is 0.0136. The molecular weight excluding hydrogens is 1010 g/mol. The van der Waals surface area contributed by atoms with Gasteiger partial charge < -0.3 is 37.4 Å². The summed E-state index contributed by atoms with van der Waals surface area (Å²) < 4.78 is 135. The number of benzene rings is 6. The van der Waals surface area contributed by atoms with Crippen LogP contribution in [0.15, 0.2) is 143 Å². The fourth-order valence-corrected chi connectivity index (χ4v) is 8.77. The molecule has 0 saturated heterocycles. The van der Waals surface area contributed by atoms with Crippen LogP contribution in [0.4, 0.5) is 52.0 Å². The Balaban J connectivity index is 1.23. The van der Waals surface area contributed by atoms with Gasteiger partial charge in [0, 0.05) is 66.8 Å². The highest BCUT2D eigenvalue weighted by atomic mass is 32.2. The van der Waals surface area contributed by atoms with Gasteiger partial charge in [0.05, 0.1) is 31.7 Å². The lowest BCUT2D eigenvalue weighted by Crippen LogP contribution is -2.32. The van der Waals surface area contributed by atoms with E-state index in [1.165, 1.54) is 66.7 Å². The maximum Gasteiger partial charge on any atom is 0.296 e. The van der Waals surface area contributed by atoms with Crippen LogP contribution in [0.1, 0.15) is 0 Å². The molecule has 0 amide bonds. The molecule has 0 aliphatic heterocycles. The molecule has 71 heavy (non-hydrogen) atoms. The van der Waals surface area contributed by atoms with Gasteiger partial charge in [-0.05, 0) is 90.3 Å². The molecule has 0 radical (unpaired) electrons. The van der Waals surface area contributed by atoms with E-state index < -0.39 is 66.6 Å². The Hall–Kier alpha value is -7.23. The lowest BCUT2D eigenvalue weighted by Gasteiger charge is -2.13. The average molecular weight is 1050 g/mol. The summed E-state index contributed by atoms with van der Waals surface area (Å²) in [6.07, 6.45) is 0. The van der Waals surface area contributed by atoms with E-state index >= 15 is 0 Å². The Morgan fingerprint density at radius 2 is 1.06 bits per heavy atom. The lowest BCUT2D eigenvalue weighted by molar-refractivity contribution is 0.472. The largest absolute Gasteiger partial charge is 0.505 e.